The van der Waals surface area contributed by atoms with E-state index < -0.39 is 5.60 Å². The molecule has 8 nitrogen and oxygen atoms in total. The zero-order chi connectivity index (χ0) is 24.9. The average Bonchev–Trinajstić information content (AvgIpc) is 2.78. The van der Waals surface area contributed by atoms with E-state index in [2.05, 4.69) is 27.8 Å². The molecule has 1 fully saturated rings. The monoisotopic (exact) mass is 467 g/mol. The summed E-state index contributed by atoms with van der Waals surface area (Å²) in [5.74, 6) is 0.708. The van der Waals surface area contributed by atoms with Crippen molar-refractivity contribution in [3.05, 3.63) is 41.5 Å². The number of aromatic nitrogens is 2. The van der Waals surface area contributed by atoms with Gasteiger partial charge >= 0.3 is 5.97 Å². The Kier molecular flexibility index (Phi) is 8.12. The van der Waals surface area contributed by atoms with E-state index in [-0.39, 0.29) is 23.8 Å². The quantitative estimate of drug-likeness (QED) is 0.571. The van der Waals surface area contributed by atoms with Crippen LogP contribution in [-0.4, -0.2) is 47.8 Å². The molecule has 1 aromatic carbocycles. The molecule has 0 atom stereocenters. The third-order valence-corrected chi connectivity index (χ3v) is 5.91. The summed E-state index contributed by atoms with van der Waals surface area (Å²) in [6.45, 7) is 7.78. The molecular formula is C26H37N5O3. The molecule has 2 N–H and O–H groups in total. The molecule has 8 heteroatoms. The normalized spacial score (nSPS) is 18.2. The topological polar surface area (TPSA) is 96.5 Å². The largest absolute Gasteiger partial charge is 0.460 e. The minimum atomic E-state index is -0.466. The zero-order valence-corrected chi connectivity index (χ0v) is 21.1. The number of aryl methyl sites for hydroxylation is 1. The number of hydrogen-bond acceptors (Lipinski definition) is 7. The van der Waals surface area contributed by atoms with E-state index in [4.69, 9.17) is 4.74 Å². The van der Waals surface area contributed by atoms with Gasteiger partial charge in [-0.2, -0.15) is 0 Å². The Morgan fingerprint density at radius 2 is 1.76 bits per heavy atom. The van der Waals surface area contributed by atoms with E-state index in [0.29, 0.717) is 11.4 Å². The first-order valence-electron chi connectivity index (χ1n) is 12.0. The summed E-state index contributed by atoms with van der Waals surface area (Å²) in [7, 11) is 3.77. The molecule has 1 saturated carbocycles. The number of hydrogen-bond donors (Lipinski definition) is 2. The van der Waals surface area contributed by atoms with E-state index in [1.807, 2.05) is 64.0 Å². The predicted octanol–water partition coefficient (Wildman–Crippen LogP) is 4.67. The highest BCUT2D eigenvalue weighted by molar-refractivity contribution is 6.07. The Labute approximate surface area is 202 Å². The van der Waals surface area contributed by atoms with Crippen LogP contribution in [0.3, 0.4) is 0 Å². The number of rotatable bonds is 7. The second-order valence-corrected chi connectivity index (χ2v) is 10.1. The maximum absolute atomic E-state index is 13.1. The molecule has 2 aromatic rings. The Morgan fingerprint density at radius 1 is 1.06 bits per heavy atom. The van der Waals surface area contributed by atoms with Gasteiger partial charge < -0.3 is 20.3 Å². The molecule has 0 aliphatic heterocycles. The maximum atomic E-state index is 13.1. The van der Waals surface area contributed by atoms with Gasteiger partial charge in [-0.25, -0.2) is 0 Å². The second-order valence-electron chi connectivity index (χ2n) is 10.1. The van der Waals surface area contributed by atoms with Crippen molar-refractivity contribution in [3.63, 3.8) is 0 Å². The van der Waals surface area contributed by atoms with Crippen molar-refractivity contribution in [2.24, 2.45) is 5.92 Å². The van der Waals surface area contributed by atoms with Crippen LogP contribution in [0.1, 0.15) is 69.3 Å². The molecule has 1 aliphatic carbocycles. The van der Waals surface area contributed by atoms with Crippen LogP contribution >= 0.6 is 0 Å². The number of carbonyl (C=O) groups is 2. The molecule has 0 saturated heterocycles. The van der Waals surface area contributed by atoms with E-state index in [1.165, 1.54) is 0 Å². The van der Waals surface area contributed by atoms with Crippen LogP contribution < -0.4 is 15.5 Å². The van der Waals surface area contributed by atoms with Gasteiger partial charge in [0, 0.05) is 25.8 Å². The van der Waals surface area contributed by atoms with Gasteiger partial charge in [-0.1, -0.05) is 13.0 Å². The maximum Gasteiger partial charge on any atom is 0.309 e. The van der Waals surface area contributed by atoms with Crippen LogP contribution in [0.15, 0.2) is 30.3 Å². The first-order chi connectivity index (χ1) is 16.1. The molecule has 0 radical (unpaired) electrons. The Bertz CT molecular complexity index is 990. The third kappa shape index (κ3) is 6.92. The highest BCUT2D eigenvalue weighted by Crippen LogP contribution is 2.30. The van der Waals surface area contributed by atoms with E-state index in [0.717, 1.165) is 49.2 Å². The molecule has 3 rings (SSSR count). The molecule has 1 aromatic heterocycles. The van der Waals surface area contributed by atoms with Gasteiger partial charge in [0.25, 0.3) is 5.91 Å². The summed E-state index contributed by atoms with van der Waals surface area (Å²) in [6, 6.07) is 9.61. The van der Waals surface area contributed by atoms with Gasteiger partial charge in [0.2, 0.25) is 0 Å². The lowest BCUT2D eigenvalue weighted by Crippen LogP contribution is -2.34. The fourth-order valence-corrected chi connectivity index (χ4v) is 4.02. The number of nitrogens with one attached hydrogen (secondary N) is 2. The summed E-state index contributed by atoms with van der Waals surface area (Å²) in [6.07, 6.45) is 4.11. The Hall–Kier alpha value is -3.16. The van der Waals surface area contributed by atoms with Crippen LogP contribution in [0.5, 0.6) is 0 Å². The summed E-state index contributed by atoms with van der Waals surface area (Å²) >= 11 is 0. The minimum absolute atomic E-state index is 0.0641. The number of anilines is 3. The highest BCUT2D eigenvalue weighted by Gasteiger charge is 2.30. The summed E-state index contributed by atoms with van der Waals surface area (Å²) < 4.78 is 5.56. The van der Waals surface area contributed by atoms with Gasteiger partial charge in [-0.3, -0.25) is 9.59 Å². The predicted molar refractivity (Wildman–Crippen MR) is 135 cm³/mol. The number of esters is 1. The minimum Gasteiger partial charge on any atom is -0.460 e. The Morgan fingerprint density at radius 3 is 2.32 bits per heavy atom. The number of nitrogens with zero attached hydrogens (tertiary/aromatic N) is 3. The lowest BCUT2D eigenvalue weighted by Gasteiger charge is -2.31. The van der Waals surface area contributed by atoms with Gasteiger partial charge in [0.15, 0.2) is 11.6 Å². The highest BCUT2D eigenvalue weighted by atomic mass is 16.6. The number of amides is 1. The third-order valence-electron chi connectivity index (χ3n) is 5.91. The molecule has 0 bridgehead atoms. The standard InChI is InChI=1S/C26H37N5O3/c1-7-17-8-13-20(24(32)28-22-14-15-23(30-29-22)31(5)6)21(16-17)27-19-11-9-18(10-12-19)25(33)34-26(2,3)4/h8,13-16,18-19,27H,7,9-12H2,1-6H3,(H,28,29,32). The molecule has 184 valence electrons. The van der Waals surface area contributed by atoms with Gasteiger partial charge in [0.05, 0.1) is 11.5 Å². The van der Waals surface area contributed by atoms with E-state index in [1.54, 1.807) is 6.07 Å². The van der Waals surface area contributed by atoms with Crippen molar-refractivity contribution in [2.75, 3.05) is 29.6 Å². The SMILES string of the molecule is CCc1ccc(C(=O)Nc2ccc(N(C)C)nn2)c(NC2CCC(C(=O)OC(C)(C)C)CC2)c1. The number of carbonyl (C=O) groups excluding carboxylic acids is 2. The van der Waals surface area contributed by atoms with Crippen LogP contribution in [0.2, 0.25) is 0 Å². The smallest absolute Gasteiger partial charge is 0.309 e. The van der Waals surface area contributed by atoms with Gasteiger partial charge in [-0.15, -0.1) is 10.2 Å². The van der Waals surface area contributed by atoms with Crippen LogP contribution in [0, 0.1) is 5.92 Å². The van der Waals surface area contributed by atoms with Crippen LogP contribution in [0.4, 0.5) is 17.3 Å². The lowest BCUT2D eigenvalue weighted by molar-refractivity contribution is -0.161. The zero-order valence-electron chi connectivity index (χ0n) is 21.1. The first kappa shape index (κ1) is 25.5. The number of ether oxygens (including phenoxy) is 1. The van der Waals surface area contributed by atoms with Gasteiger partial charge in [0.1, 0.15) is 5.60 Å². The fourth-order valence-electron chi connectivity index (χ4n) is 4.02. The van der Waals surface area contributed by atoms with Crippen LogP contribution in [0.25, 0.3) is 0 Å². The average molecular weight is 468 g/mol. The van der Waals surface area contributed by atoms with E-state index in [9.17, 15) is 9.59 Å². The fraction of sp³-hybridized carbons (Fsp3) is 0.538. The lowest BCUT2D eigenvalue weighted by atomic mass is 9.85. The molecule has 34 heavy (non-hydrogen) atoms. The second kappa shape index (κ2) is 10.8. The van der Waals surface area contributed by atoms with Crippen LogP contribution in [-0.2, 0) is 16.0 Å². The summed E-state index contributed by atoms with van der Waals surface area (Å²) in [5.41, 5.74) is 2.05. The molecule has 1 heterocycles. The van der Waals surface area contributed by atoms with Crippen molar-refractivity contribution in [3.8, 4) is 0 Å². The van der Waals surface area contributed by atoms with Crippen molar-refractivity contribution < 1.29 is 14.3 Å². The molecule has 1 aliphatic rings. The first-order valence-corrected chi connectivity index (χ1v) is 12.0. The summed E-state index contributed by atoms with van der Waals surface area (Å²) in [4.78, 5) is 27.4. The molecule has 0 spiro atoms. The van der Waals surface area contributed by atoms with Crippen molar-refractivity contribution in [1.29, 1.82) is 0 Å². The molecule has 1 amide bonds. The van der Waals surface area contributed by atoms with E-state index >= 15 is 0 Å². The van der Waals surface area contributed by atoms with Crippen molar-refractivity contribution in [1.82, 2.24) is 10.2 Å². The summed E-state index contributed by atoms with van der Waals surface area (Å²) in [5, 5.41) is 14.6. The van der Waals surface area contributed by atoms with Crippen molar-refractivity contribution >= 4 is 29.2 Å². The van der Waals surface area contributed by atoms with Gasteiger partial charge in [-0.05, 0) is 82.7 Å². The molecule has 0 unspecified atom stereocenters. The van der Waals surface area contributed by atoms with Crippen molar-refractivity contribution in [2.45, 2.75) is 71.4 Å². The molecular weight excluding hydrogens is 430 g/mol. The number of benzene rings is 1. The Balaban J connectivity index is 1.67.